The van der Waals surface area contributed by atoms with E-state index >= 15 is 0 Å². The maximum absolute atomic E-state index is 11.8. The van der Waals surface area contributed by atoms with Gasteiger partial charge >= 0.3 is 0 Å². The molecule has 0 saturated heterocycles. The van der Waals surface area contributed by atoms with Gasteiger partial charge in [0.1, 0.15) is 9.84 Å². The zero-order chi connectivity index (χ0) is 14.3. The molecule has 0 fully saturated rings. The number of rotatable bonds is 8. The van der Waals surface area contributed by atoms with Gasteiger partial charge in [-0.25, -0.2) is 8.42 Å². The summed E-state index contributed by atoms with van der Waals surface area (Å²) in [7, 11) is -0.181. The Morgan fingerprint density at radius 2 is 2.06 bits per heavy atom. The number of carbonyl (C=O) groups excluding carboxylic acids is 1. The maximum Gasteiger partial charge on any atom is 0.239 e. The van der Waals surface area contributed by atoms with Gasteiger partial charge in [-0.15, -0.1) is 0 Å². The number of aliphatic hydroxyl groups excluding tert-OH is 1. The minimum atomic E-state index is -3.13. The van der Waals surface area contributed by atoms with Crippen molar-refractivity contribution in [1.29, 1.82) is 0 Å². The third kappa shape index (κ3) is 7.59. The van der Waals surface area contributed by atoms with Gasteiger partial charge in [0.15, 0.2) is 0 Å². The number of nitrogens with zero attached hydrogens (tertiary/aromatic N) is 1. The summed E-state index contributed by atoms with van der Waals surface area (Å²) in [5.41, 5.74) is 5.61. The first-order chi connectivity index (χ1) is 8.17. The number of sulfone groups is 1. The van der Waals surface area contributed by atoms with Gasteiger partial charge < -0.3 is 20.5 Å². The molecule has 7 nitrogen and oxygen atoms in total. The zero-order valence-corrected chi connectivity index (χ0v) is 11.8. The van der Waals surface area contributed by atoms with E-state index < -0.39 is 27.9 Å². The molecule has 0 aliphatic heterocycles. The Morgan fingerprint density at radius 3 is 2.50 bits per heavy atom. The van der Waals surface area contributed by atoms with E-state index in [1.807, 2.05) is 0 Å². The van der Waals surface area contributed by atoms with E-state index in [0.717, 1.165) is 6.26 Å². The second-order valence-corrected chi connectivity index (χ2v) is 6.61. The third-order valence-corrected chi connectivity index (χ3v) is 3.31. The van der Waals surface area contributed by atoms with Crippen LogP contribution in [0.3, 0.4) is 0 Å². The normalized spacial score (nSPS) is 15.2. The summed E-state index contributed by atoms with van der Waals surface area (Å²) in [5.74, 6) is -0.525. The predicted octanol–water partition coefficient (Wildman–Crippen LogP) is -1.79. The molecule has 0 bridgehead atoms. The van der Waals surface area contributed by atoms with Crippen LogP contribution in [0.25, 0.3) is 0 Å². The molecule has 0 aliphatic rings. The van der Waals surface area contributed by atoms with Crippen molar-refractivity contribution in [1.82, 2.24) is 4.90 Å². The summed E-state index contributed by atoms with van der Waals surface area (Å²) in [6.07, 6.45) is 0.379. The summed E-state index contributed by atoms with van der Waals surface area (Å²) in [5, 5.41) is 9.45. The molecule has 18 heavy (non-hydrogen) atoms. The van der Waals surface area contributed by atoms with Crippen LogP contribution in [-0.2, 0) is 19.4 Å². The van der Waals surface area contributed by atoms with Crippen molar-refractivity contribution >= 4 is 15.7 Å². The molecule has 0 rings (SSSR count). The van der Waals surface area contributed by atoms with Crippen molar-refractivity contribution in [3.8, 4) is 0 Å². The van der Waals surface area contributed by atoms with Crippen molar-refractivity contribution in [3.05, 3.63) is 0 Å². The number of likely N-dealkylation sites (N-methyl/N-ethyl adjacent to an activating group) is 1. The average Bonchev–Trinajstić information content (AvgIpc) is 2.23. The summed E-state index contributed by atoms with van der Waals surface area (Å²) >= 11 is 0. The first kappa shape index (κ1) is 17.3. The molecule has 0 heterocycles. The van der Waals surface area contributed by atoms with E-state index in [2.05, 4.69) is 0 Å². The van der Waals surface area contributed by atoms with Gasteiger partial charge in [0, 0.05) is 27.0 Å². The first-order valence-corrected chi connectivity index (χ1v) is 7.58. The molecule has 108 valence electrons. The molecule has 0 spiro atoms. The lowest BCUT2D eigenvalue weighted by Gasteiger charge is -2.23. The van der Waals surface area contributed by atoms with Gasteiger partial charge in [0.05, 0.1) is 24.5 Å². The van der Waals surface area contributed by atoms with E-state index in [4.69, 9.17) is 10.5 Å². The Balaban J connectivity index is 4.20. The Labute approximate surface area is 108 Å². The number of amides is 1. The first-order valence-electron chi connectivity index (χ1n) is 5.52. The van der Waals surface area contributed by atoms with Gasteiger partial charge in [0.2, 0.25) is 5.91 Å². The van der Waals surface area contributed by atoms with Crippen LogP contribution < -0.4 is 5.73 Å². The van der Waals surface area contributed by atoms with Crippen LogP contribution in [-0.4, -0.2) is 75.8 Å². The highest BCUT2D eigenvalue weighted by molar-refractivity contribution is 7.90. The van der Waals surface area contributed by atoms with Gasteiger partial charge in [-0.2, -0.15) is 0 Å². The fraction of sp³-hybridized carbons (Fsp3) is 0.900. The lowest BCUT2D eigenvalue weighted by atomic mass is 10.2. The van der Waals surface area contributed by atoms with Gasteiger partial charge in [-0.3, -0.25) is 4.79 Å². The second kappa shape index (κ2) is 7.67. The highest BCUT2D eigenvalue weighted by Crippen LogP contribution is 2.00. The van der Waals surface area contributed by atoms with Crippen LogP contribution in [0.15, 0.2) is 0 Å². The number of hydrogen-bond acceptors (Lipinski definition) is 6. The Hall–Kier alpha value is -0.700. The van der Waals surface area contributed by atoms with Crippen molar-refractivity contribution < 1.29 is 23.1 Å². The summed E-state index contributed by atoms with van der Waals surface area (Å²) in [6.45, 7) is 0.218. The number of ether oxygens (including phenoxy) is 1. The standard InChI is InChI=1S/C10H22N2O5S/c1-12(6-8(13)7-17-2)10(14)9(11)4-5-18(3,15)16/h8-9,13H,4-7,11H2,1-3H3. The minimum Gasteiger partial charge on any atom is -0.389 e. The van der Waals surface area contributed by atoms with E-state index in [0.29, 0.717) is 0 Å². The quantitative estimate of drug-likeness (QED) is 0.544. The largest absolute Gasteiger partial charge is 0.389 e. The second-order valence-electron chi connectivity index (χ2n) is 4.35. The van der Waals surface area contributed by atoms with Crippen molar-refractivity contribution in [2.45, 2.75) is 18.6 Å². The number of nitrogens with two attached hydrogens (primary N) is 1. The molecule has 2 atom stereocenters. The van der Waals surface area contributed by atoms with Crippen LogP contribution in [0.4, 0.5) is 0 Å². The minimum absolute atomic E-state index is 0.0718. The molecule has 1 amide bonds. The smallest absolute Gasteiger partial charge is 0.239 e. The average molecular weight is 282 g/mol. The molecule has 8 heteroatoms. The predicted molar refractivity (Wildman–Crippen MR) is 67.8 cm³/mol. The molecular weight excluding hydrogens is 260 g/mol. The molecule has 0 aliphatic carbocycles. The molecule has 0 aromatic rings. The lowest BCUT2D eigenvalue weighted by molar-refractivity contribution is -0.133. The monoisotopic (exact) mass is 282 g/mol. The van der Waals surface area contributed by atoms with E-state index in [9.17, 15) is 18.3 Å². The Bertz CT molecular complexity index is 357. The van der Waals surface area contributed by atoms with Gasteiger partial charge in [-0.05, 0) is 6.42 Å². The SMILES string of the molecule is COCC(O)CN(C)C(=O)C(N)CCS(C)(=O)=O. The van der Waals surface area contributed by atoms with Crippen LogP contribution >= 0.6 is 0 Å². The van der Waals surface area contributed by atoms with Gasteiger partial charge in [-0.1, -0.05) is 0 Å². The molecular formula is C10H22N2O5S. The van der Waals surface area contributed by atoms with Gasteiger partial charge in [0.25, 0.3) is 0 Å². The van der Waals surface area contributed by atoms with E-state index in [1.165, 1.54) is 19.1 Å². The van der Waals surface area contributed by atoms with Crippen LogP contribution in [0.1, 0.15) is 6.42 Å². The van der Waals surface area contributed by atoms with Crippen LogP contribution in [0.2, 0.25) is 0 Å². The molecule has 2 unspecified atom stereocenters. The van der Waals surface area contributed by atoms with Crippen molar-refractivity contribution in [2.75, 3.05) is 39.3 Å². The molecule has 0 aromatic heterocycles. The molecule has 0 radical (unpaired) electrons. The third-order valence-electron chi connectivity index (χ3n) is 2.34. The molecule has 0 aromatic carbocycles. The van der Waals surface area contributed by atoms with Crippen molar-refractivity contribution in [2.24, 2.45) is 5.73 Å². The molecule has 3 N–H and O–H groups in total. The van der Waals surface area contributed by atoms with E-state index in [-0.39, 0.29) is 25.3 Å². The highest BCUT2D eigenvalue weighted by Gasteiger charge is 2.21. The zero-order valence-electron chi connectivity index (χ0n) is 11.0. The van der Waals surface area contributed by atoms with Crippen LogP contribution in [0.5, 0.6) is 0 Å². The lowest BCUT2D eigenvalue weighted by Crippen LogP contribution is -2.45. The topological polar surface area (TPSA) is 110 Å². The summed E-state index contributed by atoms with van der Waals surface area (Å²) in [4.78, 5) is 13.0. The number of hydrogen-bond donors (Lipinski definition) is 2. The fourth-order valence-corrected chi connectivity index (χ4v) is 2.08. The summed E-state index contributed by atoms with van der Waals surface area (Å²) < 4.78 is 26.6. The fourth-order valence-electron chi connectivity index (χ4n) is 1.40. The maximum atomic E-state index is 11.8. The molecule has 0 saturated carbocycles. The number of aliphatic hydroxyl groups is 1. The van der Waals surface area contributed by atoms with Crippen molar-refractivity contribution in [3.63, 3.8) is 0 Å². The van der Waals surface area contributed by atoms with Crippen LogP contribution in [0, 0.1) is 0 Å². The highest BCUT2D eigenvalue weighted by atomic mass is 32.2. The Kier molecular flexibility index (Phi) is 7.37. The summed E-state index contributed by atoms with van der Waals surface area (Å²) in [6, 6.07) is -0.875. The van der Waals surface area contributed by atoms with E-state index in [1.54, 1.807) is 0 Å². The number of carbonyl (C=O) groups is 1. The number of methoxy groups -OCH3 is 1. The Morgan fingerprint density at radius 1 is 1.50 bits per heavy atom.